The minimum Gasteiger partial charge on any atom is -0.409 e. The summed E-state index contributed by atoms with van der Waals surface area (Å²) in [4.78, 5) is 12.9. The third kappa shape index (κ3) is 2.63. The van der Waals surface area contributed by atoms with E-state index in [9.17, 15) is 4.79 Å². The molecule has 0 atom stereocenters. The number of oxime groups is 1. The van der Waals surface area contributed by atoms with Gasteiger partial charge in [-0.05, 0) is 38.5 Å². The van der Waals surface area contributed by atoms with Crippen molar-refractivity contribution in [1.82, 2.24) is 5.32 Å². The number of amides is 1. The maximum Gasteiger partial charge on any atom is 0.234 e. The number of nitrogens with one attached hydrogen (secondary N) is 1. The summed E-state index contributed by atoms with van der Waals surface area (Å²) in [6.07, 6.45) is 9.74. The van der Waals surface area contributed by atoms with Crippen molar-refractivity contribution in [2.24, 2.45) is 16.3 Å². The Morgan fingerprint density at radius 3 is 2.15 bits per heavy atom. The fourth-order valence-corrected chi connectivity index (χ4v) is 3.56. The van der Waals surface area contributed by atoms with Crippen molar-refractivity contribution >= 4 is 11.7 Å². The zero-order valence-corrected chi connectivity index (χ0v) is 12.5. The van der Waals surface area contributed by atoms with Crippen LogP contribution in [0.1, 0.15) is 71.1 Å². The Kier molecular flexibility index (Phi) is 4.55. The molecule has 0 aromatic rings. The van der Waals surface area contributed by atoms with E-state index in [1.54, 1.807) is 0 Å². The zero-order valence-electron chi connectivity index (χ0n) is 12.5. The highest BCUT2D eigenvalue weighted by Crippen LogP contribution is 2.39. The van der Waals surface area contributed by atoms with Crippen LogP contribution < -0.4 is 11.1 Å². The monoisotopic (exact) mass is 281 g/mol. The van der Waals surface area contributed by atoms with Crippen LogP contribution in [0.3, 0.4) is 0 Å². The van der Waals surface area contributed by atoms with Gasteiger partial charge in [0.25, 0.3) is 0 Å². The molecule has 0 heterocycles. The van der Waals surface area contributed by atoms with E-state index in [1.807, 2.05) is 0 Å². The number of carbonyl (C=O) groups is 1. The molecule has 0 aromatic carbocycles. The summed E-state index contributed by atoms with van der Waals surface area (Å²) in [6, 6.07) is 0. The largest absolute Gasteiger partial charge is 0.409 e. The van der Waals surface area contributed by atoms with E-state index < -0.39 is 5.41 Å². The molecule has 0 saturated heterocycles. The lowest BCUT2D eigenvalue weighted by atomic mass is 9.72. The van der Waals surface area contributed by atoms with E-state index in [0.717, 1.165) is 44.9 Å². The van der Waals surface area contributed by atoms with E-state index >= 15 is 0 Å². The maximum absolute atomic E-state index is 12.9. The number of carbonyl (C=O) groups excluding carboxylic acids is 1. The Balaban J connectivity index is 2.19. The van der Waals surface area contributed by atoms with Crippen molar-refractivity contribution < 1.29 is 10.0 Å². The topological polar surface area (TPSA) is 87.7 Å². The molecule has 2 saturated carbocycles. The van der Waals surface area contributed by atoms with Gasteiger partial charge in [-0.15, -0.1) is 0 Å². The van der Waals surface area contributed by atoms with Crippen molar-refractivity contribution in [1.29, 1.82) is 0 Å². The lowest BCUT2D eigenvalue weighted by molar-refractivity contribution is -0.131. The molecule has 5 heteroatoms. The molecule has 2 aliphatic rings. The smallest absolute Gasteiger partial charge is 0.234 e. The molecule has 114 valence electrons. The molecule has 1 amide bonds. The Hall–Kier alpha value is -1.26. The minimum absolute atomic E-state index is 0.0312. The van der Waals surface area contributed by atoms with Gasteiger partial charge in [0.15, 0.2) is 5.84 Å². The zero-order chi connectivity index (χ0) is 14.6. The molecule has 0 aliphatic heterocycles. The predicted octanol–water partition coefficient (Wildman–Crippen LogP) is 2.52. The highest BCUT2D eigenvalue weighted by molar-refractivity contribution is 6.07. The van der Waals surface area contributed by atoms with Crippen molar-refractivity contribution in [3.63, 3.8) is 0 Å². The molecule has 0 unspecified atom stereocenters. The second-order valence-corrected chi connectivity index (χ2v) is 6.42. The van der Waals surface area contributed by atoms with Gasteiger partial charge in [0.1, 0.15) is 5.41 Å². The van der Waals surface area contributed by atoms with Crippen LogP contribution in [0, 0.1) is 5.41 Å². The Morgan fingerprint density at radius 2 is 1.75 bits per heavy atom. The second kappa shape index (κ2) is 6.02. The van der Waals surface area contributed by atoms with Gasteiger partial charge in [-0.3, -0.25) is 4.79 Å². The van der Waals surface area contributed by atoms with Crippen LogP contribution in [-0.4, -0.2) is 22.5 Å². The molecule has 5 nitrogen and oxygen atoms in total. The van der Waals surface area contributed by atoms with Gasteiger partial charge >= 0.3 is 0 Å². The van der Waals surface area contributed by atoms with Gasteiger partial charge in [-0.2, -0.15) is 0 Å². The van der Waals surface area contributed by atoms with E-state index in [2.05, 4.69) is 17.4 Å². The van der Waals surface area contributed by atoms with Crippen LogP contribution >= 0.6 is 0 Å². The number of hydrogen-bond donors (Lipinski definition) is 3. The molecule has 2 aliphatic carbocycles. The summed E-state index contributed by atoms with van der Waals surface area (Å²) < 4.78 is 0. The highest BCUT2D eigenvalue weighted by atomic mass is 16.4. The fourth-order valence-electron chi connectivity index (χ4n) is 3.56. The first kappa shape index (κ1) is 15.1. The summed E-state index contributed by atoms with van der Waals surface area (Å²) in [6.45, 7) is 2.11. The first-order valence-electron chi connectivity index (χ1n) is 7.89. The lowest BCUT2D eigenvalue weighted by Gasteiger charge is -2.44. The summed E-state index contributed by atoms with van der Waals surface area (Å²) in [5.74, 6) is 0.0544. The molecule has 0 aromatic heterocycles. The summed E-state index contributed by atoms with van der Waals surface area (Å²) in [5, 5.41) is 15.5. The highest BCUT2D eigenvalue weighted by Gasteiger charge is 2.47. The lowest BCUT2D eigenvalue weighted by Crippen LogP contribution is -2.59. The first-order chi connectivity index (χ1) is 9.58. The normalized spacial score (nSPS) is 25.4. The molecular weight excluding hydrogens is 254 g/mol. The quantitative estimate of drug-likeness (QED) is 0.243. The molecule has 4 N–H and O–H groups in total. The number of hydrogen-bond acceptors (Lipinski definition) is 3. The van der Waals surface area contributed by atoms with Gasteiger partial charge in [0, 0.05) is 5.54 Å². The third-order valence-electron chi connectivity index (χ3n) is 5.36. The summed E-state index contributed by atoms with van der Waals surface area (Å²) in [7, 11) is 0. The van der Waals surface area contributed by atoms with Gasteiger partial charge < -0.3 is 16.3 Å². The SMILES string of the molecule is CCC1(NC(=O)C2(C(N)=NO)CCCCCC2)CCC1. The fraction of sp³-hybridized carbons (Fsp3) is 0.867. The summed E-state index contributed by atoms with van der Waals surface area (Å²) in [5.41, 5.74) is 5.06. The molecule has 2 fully saturated rings. The number of nitrogens with zero attached hydrogens (tertiary/aromatic N) is 1. The number of nitrogens with two attached hydrogens (primary N) is 1. The van der Waals surface area contributed by atoms with Gasteiger partial charge in [-0.25, -0.2) is 0 Å². The maximum atomic E-state index is 12.9. The first-order valence-corrected chi connectivity index (χ1v) is 7.89. The van der Waals surface area contributed by atoms with E-state index in [0.29, 0.717) is 12.8 Å². The summed E-state index contributed by atoms with van der Waals surface area (Å²) >= 11 is 0. The molecule has 20 heavy (non-hydrogen) atoms. The van der Waals surface area contributed by atoms with Gasteiger partial charge in [0.2, 0.25) is 5.91 Å². The Bertz CT molecular complexity index is 375. The third-order valence-corrected chi connectivity index (χ3v) is 5.36. The van der Waals surface area contributed by atoms with Crippen molar-refractivity contribution in [3.8, 4) is 0 Å². The van der Waals surface area contributed by atoms with Crippen molar-refractivity contribution in [2.75, 3.05) is 0 Å². The van der Waals surface area contributed by atoms with Crippen molar-refractivity contribution in [2.45, 2.75) is 76.7 Å². The average Bonchev–Trinajstić information content (AvgIpc) is 2.68. The van der Waals surface area contributed by atoms with Crippen LogP contribution in [0.5, 0.6) is 0 Å². The average molecular weight is 281 g/mol. The van der Waals surface area contributed by atoms with Crippen LogP contribution in [0.15, 0.2) is 5.16 Å². The van der Waals surface area contributed by atoms with E-state index in [-0.39, 0.29) is 17.3 Å². The Morgan fingerprint density at radius 1 is 1.15 bits per heavy atom. The van der Waals surface area contributed by atoms with E-state index in [4.69, 9.17) is 10.9 Å². The van der Waals surface area contributed by atoms with Gasteiger partial charge in [0.05, 0.1) is 0 Å². The Labute approximate surface area is 121 Å². The standard InChI is InChI=1S/C15H27N3O2/c1-2-14(8-7-9-14)17-13(19)15(12(16)18-20)10-5-3-4-6-11-15/h20H,2-11H2,1H3,(H2,16,18)(H,17,19). The van der Waals surface area contributed by atoms with Crippen LogP contribution in [0.4, 0.5) is 0 Å². The predicted molar refractivity (Wildman–Crippen MR) is 78.6 cm³/mol. The molecular formula is C15H27N3O2. The molecule has 0 radical (unpaired) electrons. The minimum atomic E-state index is -0.803. The van der Waals surface area contributed by atoms with Crippen LogP contribution in [0.2, 0.25) is 0 Å². The number of amidine groups is 1. The van der Waals surface area contributed by atoms with Crippen LogP contribution in [0.25, 0.3) is 0 Å². The van der Waals surface area contributed by atoms with E-state index in [1.165, 1.54) is 6.42 Å². The molecule has 2 rings (SSSR count). The number of rotatable bonds is 4. The van der Waals surface area contributed by atoms with Crippen molar-refractivity contribution in [3.05, 3.63) is 0 Å². The van der Waals surface area contributed by atoms with Crippen LogP contribution in [-0.2, 0) is 4.79 Å². The van der Waals surface area contributed by atoms with Gasteiger partial charge in [-0.1, -0.05) is 37.8 Å². The molecule has 0 spiro atoms. The second-order valence-electron chi connectivity index (χ2n) is 6.42. The molecule has 0 bridgehead atoms.